The Morgan fingerprint density at radius 3 is 2.57 bits per heavy atom. The fourth-order valence-electron chi connectivity index (χ4n) is 4.37. The first-order valence-corrected chi connectivity index (χ1v) is 13.4. The van der Waals surface area contributed by atoms with Gasteiger partial charge in [-0.1, -0.05) is 39.8 Å². The summed E-state index contributed by atoms with van der Waals surface area (Å²) in [5.41, 5.74) is 2.68. The van der Waals surface area contributed by atoms with Gasteiger partial charge >= 0.3 is 0 Å². The van der Waals surface area contributed by atoms with Crippen LogP contribution in [-0.4, -0.2) is 47.5 Å². The maximum Gasteiger partial charge on any atom is 0.240 e. The minimum Gasteiger partial charge on any atom is -0.497 e. The fraction of sp³-hybridized carbons (Fsp3) is 0.393. The van der Waals surface area contributed by atoms with Gasteiger partial charge in [-0.25, -0.2) is 9.07 Å². The van der Waals surface area contributed by atoms with Crippen molar-refractivity contribution in [1.82, 2.24) is 15.1 Å². The van der Waals surface area contributed by atoms with Gasteiger partial charge in [0.05, 0.1) is 29.5 Å². The van der Waals surface area contributed by atoms with E-state index in [1.54, 1.807) is 17.9 Å². The van der Waals surface area contributed by atoms with Crippen LogP contribution >= 0.6 is 11.8 Å². The lowest BCUT2D eigenvalue weighted by molar-refractivity contribution is -0.122. The maximum atomic E-state index is 14.3. The number of hydrogen-bond acceptors (Lipinski definition) is 5. The molecule has 9 heteroatoms. The molecule has 1 atom stereocenters. The Balaban J connectivity index is 1.98. The Labute approximate surface area is 221 Å². The summed E-state index contributed by atoms with van der Waals surface area (Å²) < 4.78 is 21.4. The maximum absolute atomic E-state index is 14.3. The lowest BCUT2D eigenvalue weighted by Crippen LogP contribution is -2.42. The van der Waals surface area contributed by atoms with E-state index in [2.05, 4.69) is 26.1 Å². The Kier molecular flexibility index (Phi) is 7.92. The largest absolute Gasteiger partial charge is 0.497 e. The zero-order valence-electron chi connectivity index (χ0n) is 21.9. The first kappa shape index (κ1) is 26.7. The van der Waals surface area contributed by atoms with Gasteiger partial charge in [0.1, 0.15) is 23.9 Å². The van der Waals surface area contributed by atoms with Crippen LogP contribution in [0.5, 0.6) is 5.75 Å². The molecule has 2 amide bonds. The molecule has 7 nitrogen and oxygen atoms in total. The van der Waals surface area contributed by atoms with Crippen molar-refractivity contribution in [2.24, 2.45) is 0 Å². The average molecular weight is 525 g/mol. The van der Waals surface area contributed by atoms with Gasteiger partial charge < -0.3 is 10.1 Å². The van der Waals surface area contributed by atoms with Crippen molar-refractivity contribution < 1.29 is 18.7 Å². The molecule has 1 N–H and O–H groups in total. The molecule has 0 fully saturated rings. The number of aromatic nitrogens is 2. The van der Waals surface area contributed by atoms with E-state index < -0.39 is 5.41 Å². The van der Waals surface area contributed by atoms with Gasteiger partial charge in [-0.15, -0.1) is 11.8 Å². The molecular weight excluding hydrogens is 491 g/mol. The van der Waals surface area contributed by atoms with Crippen molar-refractivity contribution in [1.29, 1.82) is 0 Å². The molecule has 1 aromatic heterocycles. The van der Waals surface area contributed by atoms with E-state index in [-0.39, 0.29) is 35.2 Å². The second-order valence-corrected chi connectivity index (χ2v) is 11.1. The van der Waals surface area contributed by atoms with Crippen LogP contribution in [0.4, 0.5) is 10.2 Å². The van der Waals surface area contributed by atoms with E-state index in [1.165, 1.54) is 28.8 Å². The van der Waals surface area contributed by atoms with Crippen LogP contribution in [0.1, 0.15) is 56.2 Å². The number of anilines is 1. The standard InChI is InChI=1S/C28H33FN4O3S/c1-6-14-30-22(34)16-32-23(35)17-37-25(18-8-7-9-19(29)15-18)24-26(28(2,3)4)31-33(27(24)32)20-10-12-21(36-5)13-11-20/h7-13,15,25H,6,14,16-17H2,1-5H3,(H,30,34). The highest BCUT2D eigenvalue weighted by Gasteiger charge is 2.40. The monoisotopic (exact) mass is 524 g/mol. The van der Waals surface area contributed by atoms with Crippen LogP contribution in [0, 0.1) is 5.82 Å². The number of nitrogens with one attached hydrogen (secondary N) is 1. The second kappa shape index (κ2) is 11.0. The molecule has 4 rings (SSSR count). The van der Waals surface area contributed by atoms with E-state index in [1.807, 2.05) is 37.3 Å². The normalized spacial score (nSPS) is 15.8. The van der Waals surface area contributed by atoms with Crippen LogP contribution in [0.2, 0.25) is 0 Å². The van der Waals surface area contributed by atoms with Gasteiger partial charge in [0.25, 0.3) is 0 Å². The van der Waals surface area contributed by atoms with E-state index >= 15 is 0 Å². The number of ether oxygens (including phenoxy) is 1. The van der Waals surface area contributed by atoms with Crippen molar-refractivity contribution in [2.75, 3.05) is 30.9 Å². The highest BCUT2D eigenvalue weighted by Crippen LogP contribution is 2.48. The molecule has 0 bridgehead atoms. The topological polar surface area (TPSA) is 76.5 Å². The van der Waals surface area contributed by atoms with Crippen molar-refractivity contribution in [3.8, 4) is 11.4 Å². The highest BCUT2D eigenvalue weighted by atomic mass is 32.2. The molecule has 0 saturated carbocycles. The Hall–Kier alpha value is -3.33. The molecule has 3 aromatic rings. The van der Waals surface area contributed by atoms with Gasteiger partial charge in [0.2, 0.25) is 11.8 Å². The first-order chi connectivity index (χ1) is 17.6. The molecule has 0 aliphatic carbocycles. The summed E-state index contributed by atoms with van der Waals surface area (Å²) in [5, 5.41) is 7.56. The van der Waals surface area contributed by atoms with Gasteiger partial charge in [0.15, 0.2) is 0 Å². The van der Waals surface area contributed by atoms with Gasteiger partial charge in [-0.3, -0.25) is 14.5 Å². The Bertz CT molecular complexity index is 1280. The summed E-state index contributed by atoms with van der Waals surface area (Å²) in [5.74, 6) is 0.584. The molecule has 2 aromatic carbocycles. The van der Waals surface area contributed by atoms with E-state index in [0.29, 0.717) is 18.1 Å². The van der Waals surface area contributed by atoms with Gasteiger partial charge in [-0.2, -0.15) is 5.10 Å². The predicted octanol–water partition coefficient (Wildman–Crippen LogP) is 5.01. The minimum absolute atomic E-state index is 0.131. The summed E-state index contributed by atoms with van der Waals surface area (Å²) in [6, 6.07) is 13.9. The number of fused-ring (bicyclic) bond motifs is 1. The van der Waals surface area contributed by atoms with Crippen LogP contribution < -0.4 is 15.0 Å². The van der Waals surface area contributed by atoms with Crippen molar-refractivity contribution in [3.05, 3.63) is 71.2 Å². The molecule has 0 radical (unpaired) electrons. The number of methoxy groups -OCH3 is 1. The summed E-state index contributed by atoms with van der Waals surface area (Å²) >= 11 is 1.43. The van der Waals surface area contributed by atoms with Crippen molar-refractivity contribution in [2.45, 2.75) is 44.8 Å². The van der Waals surface area contributed by atoms with Crippen LogP contribution in [0.15, 0.2) is 48.5 Å². The quantitative estimate of drug-likeness (QED) is 0.470. The number of rotatable bonds is 7. The number of carbonyl (C=O) groups is 2. The predicted molar refractivity (Wildman–Crippen MR) is 145 cm³/mol. The smallest absolute Gasteiger partial charge is 0.240 e. The van der Waals surface area contributed by atoms with Gasteiger partial charge in [0, 0.05) is 17.5 Å². The Morgan fingerprint density at radius 2 is 1.95 bits per heavy atom. The van der Waals surface area contributed by atoms with Gasteiger partial charge in [-0.05, 0) is 48.4 Å². The Morgan fingerprint density at radius 1 is 1.22 bits per heavy atom. The zero-order chi connectivity index (χ0) is 26.7. The summed E-state index contributed by atoms with van der Waals surface area (Å²) in [4.78, 5) is 28.0. The minimum atomic E-state index is -0.391. The highest BCUT2D eigenvalue weighted by molar-refractivity contribution is 8.00. The molecule has 1 aliphatic rings. The molecule has 1 unspecified atom stereocenters. The third kappa shape index (κ3) is 5.66. The van der Waals surface area contributed by atoms with Crippen LogP contribution in [-0.2, 0) is 15.0 Å². The molecule has 0 saturated heterocycles. The third-order valence-electron chi connectivity index (χ3n) is 6.14. The molecule has 37 heavy (non-hydrogen) atoms. The number of nitrogens with zero attached hydrogens (tertiary/aromatic N) is 3. The molecule has 2 heterocycles. The lowest BCUT2D eigenvalue weighted by Gasteiger charge is -2.24. The average Bonchev–Trinajstić information content (AvgIpc) is 3.20. The molecule has 196 valence electrons. The number of benzene rings is 2. The number of hydrogen-bond donors (Lipinski definition) is 1. The second-order valence-electron chi connectivity index (χ2n) is 10.0. The van der Waals surface area contributed by atoms with E-state index in [4.69, 9.17) is 9.84 Å². The van der Waals surface area contributed by atoms with Crippen LogP contribution in [0.25, 0.3) is 5.69 Å². The van der Waals surface area contributed by atoms with Crippen molar-refractivity contribution in [3.63, 3.8) is 0 Å². The molecule has 0 spiro atoms. The third-order valence-corrected chi connectivity index (χ3v) is 7.40. The summed E-state index contributed by atoms with van der Waals surface area (Å²) in [6.07, 6.45) is 0.792. The molecular formula is C28H33FN4O3S. The van der Waals surface area contributed by atoms with E-state index in [9.17, 15) is 14.0 Å². The lowest BCUT2D eigenvalue weighted by atomic mass is 9.87. The van der Waals surface area contributed by atoms with Crippen molar-refractivity contribution >= 4 is 29.4 Å². The number of thioether (sulfide) groups is 1. The molecule has 1 aliphatic heterocycles. The number of amides is 2. The number of carbonyl (C=O) groups excluding carboxylic acids is 2. The fourth-order valence-corrected chi connectivity index (χ4v) is 5.56. The first-order valence-electron chi connectivity index (χ1n) is 12.4. The van der Waals surface area contributed by atoms with E-state index in [0.717, 1.165) is 28.9 Å². The summed E-state index contributed by atoms with van der Waals surface area (Å²) in [6.45, 7) is 8.56. The zero-order valence-corrected chi connectivity index (χ0v) is 22.7. The van der Waals surface area contributed by atoms with Crippen LogP contribution in [0.3, 0.4) is 0 Å². The number of halogens is 1. The summed E-state index contributed by atoms with van der Waals surface area (Å²) in [7, 11) is 1.60. The SMILES string of the molecule is CCCNC(=O)CN1C(=O)CSC(c2cccc(F)c2)c2c(C(C)(C)C)nn(-c3ccc(OC)cc3)c21.